The maximum atomic E-state index is 12.1. The lowest BCUT2D eigenvalue weighted by Gasteiger charge is -2.07. The molecule has 10 nitrogen and oxygen atoms in total. The lowest BCUT2D eigenvalue weighted by atomic mass is 10.1. The number of methoxy groups -OCH3 is 2. The highest BCUT2D eigenvalue weighted by Gasteiger charge is 2.17. The number of rotatable bonds is 10. The first-order valence-corrected chi connectivity index (χ1v) is 9.27. The van der Waals surface area contributed by atoms with Crippen LogP contribution < -0.4 is 9.47 Å². The fourth-order valence-corrected chi connectivity index (χ4v) is 2.76. The summed E-state index contributed by atoms with van der Waals surface area (Å²) in [7, 11) is 2.49. The van der Waals surface area contributed by atoms with Gasteiger partial charge in [-0.15, -0.1) is 0 Å². The Morgan fingerprint density at radius 2 is 1.09 bits per heavy atom. The number of ether oxygens (including phenoxy) is 2. The molecule has 2 rings (SSSR count). The molecule has 0 aliphatic carbocycles. The fourth-order valence-electron chi connectivity index (χ4n) is 2.76. The Balaban J connectivity index is 2.14. The number of hydrogen-bond donors (Lipinski definition) is 4. The summed E-state index contributed by atoms with van der Waals surface area (Å²) in [5.74, 6) is -5.21. The highest BCUT2D eigenvalue weighted by molar-refractivity contribution is 6.11. The second-order valence-electron chi connectivity index (χ2n) is 6.63. The van der Waals surface area contributed by atoms with Crippen LogP contribution in [0, 0.1) is 0 Å². The first-order chi connectivity index (χ1) is 15.6. The van der Waals surface area contributed by atoms with E-state index in [1.54, 1.807) is 0 Å². The summed E-state index contributed by atoms with van der Waals surface area (Å²) in [6.07, 6.45) is 4.20. The molecule has 0 bridgehead atoms. The van der Waals surface area contributed by atoms with Crippen molar-refractivity contribution in [1.29, 1.82) is 0 Å². The average Bonchev–Trinajstić information content (AvgIpc) is 2.77. The minimum Gasteiger partial charge on any atom is -0.504 e. The van der Waals surface area contributed by atoms with Crippen LogP contribution in [0.2, 0.25) is 0 Å². The summed E-state index contributed by atoms with van der Waals surface area (Å²) in [4.78, 5) is 46.6. The smallest absolute Gasteiger partial charge is 0.339 e. The number of carboxylic acid groups (broad SMARTS) is 2. The Kier molecular flexibility index (Phi) is 7.94. The summed E-state index contributed by atoms with van der Waals surface area (Å²) in [5.41, 5.74) is -0.303. The van der Waals surface area contributed by atoms with E-state index in [1.165, 1.54) is 38.5 Å². The first-order valence-electron chi connectivity index (χ1n) is 9.27. The Morgan fingerprint density at radius 3 is 1.39 bits per heavy atom. The van der Waals surface area contributed by atoms with Crippen LogP contribution in [0.25, 0.3) is 12.2 Å². The molecular weight excluding hydrogens is 436 g/mol. The number of aromatic carboxylic acids is 2. The molecule has 0 saturated heterocycles. The van der Waals surface area contributed by atoms with Gasteiger partial charge >= 0.3 is 11.9 Å². The zero-order valence-corrected chi connectivity index (χ0v) is 17.6. The van der Waals surface area contributed by atoms with Gasteiger partial charge in [-0.3, -0.25) is 9.59 Å². The number of aromatic hydroxyl groups is 2. The minimum atomic E-state index is -1.38. The molecule has 2 aromatic carbocycles. The number of carbonyl (C=O) groups excluding carboxylic acids is 2. The van der Waals surface area contributed by atoms with Gasteiger partial charge in [-0.25, -0.2) is 9.59 Å². The third-order valence-corrected chi connectivity index (χ3v) is 4.37. The van der Waals surface area contributed by atoms with Gasteiger partial charge in [0.15, 0.2) is 34.6 Å². The van der Waals surface area contributed by atoms with Crippen molar-refractivity contribution < 1.29 is 49.1 Å². The Hall–Kier alpha value is -4.60. The third kappa shape index (κ3) is 6.20. The maximum absolute atomic E-state index is 12.1. The second-order valence-corrected chi connectivity index (χ2v) is 6.63. The van der Waals surface area contributed by atoms with Gasteiger partial charge in [-0.1, -0.05) is 12.2 Å². The van der Waals surface area contributed by atoms with Crippen LogP contribution >= 0.6 is 0 Å². The van der Waals surface area contributed by atoms with Gasteiger partial charge in [-0.05, 0) is 47.5 Å². The molecule has 33 heavy (non-hydrogen) atoms. The highest BCUT2D eigenvalue weighted by atomic mass is 16.5. The summed E-state index contributed by atoms with van der Waals surface area (Å²) in [6.45, 7) is 0. The van der Waals surface area contributed by atoms with Crippen LogP contribution in [-0.2, 0) is 9.59 Å². The number of ketones is 2. The van der Waals surface area contributed by atoms with Crippen molar-refractivity contribution in [2.75, 3.05) is 14.2 Å². The second kappa shape index (κ2) is 10.6. The van der Waals surface area contributed by atoms with Gasteiger partial charge in [0.2, 0.25) is 0 Å². The summed E-state index contributed by atoms with van der Waals surface area (Å²) in [6, 6.07) is 4.94. The molecular formula is C23H20O10. The number of phenols is 2. The molecule has 0 saturated carbocycles. The van der Waals surface area contributed by atoms with Crippen LogP contribution in [0.5, 0.6) is 23.0 Å². The lowest BCUT2D eigenvalue weighted by molar-refractivity contribution is -0.121. The van der Waals surface area contributed by atoms with Crippen LogP contribution in [0.4, 0.5) is 0 Å². The normalized spacial score (nSPS) is 11.0. The number of hydrogen-bond acceptors (Lipinski definition) is 8. The molecule has 172 valence electrons. The van der Waals surface area contributed by atoms with Gasteiger partial charge in [-0.2, -0.15) is 0 Å². The molecule has 0 aromatic heterocycles. The molecule has 0 amide bonds. The van der Waals surface area contributed by atoms with E-state index in [0.717, 1.165) is 24.3 Å². The quantitative estimate of drug-likeness (QED) is 0.308. The Morgan fingerprint density at radius 1 is 0.727 bits per heavy atom. The molecule has 0 atom stereocenters. The number of carbonyl (C=O) groups is 4. The molecule has 0 spiro atoms. The zero-order chi connectivity index (χ0) is 24.7. The molecule has 0 aliphatic rings. The highest BCUT2D eigenvalue weighted by Crippen LogP contribution is 2.33. The van der Waals surface area contributed by atoms with E-state index < -0.39 is 52.6 Å². The number of carboxylic acids is 2. The van der Waals surface area contributed by atoms with Crippen molar-refractivity contribution in [2.45, 2.75) is 6.42 Å². The minimum absolute atomic E-state index is 0.0916. The Bertz CT molecular complexity index is 1080. The van der Waals surface area contributed by atoms with Gasteiger partial charge in [0.1, 0.15) is 11.1 Å². The molecule has 0 unspecified atom stereocenters. The number of benzene rings is 2. The zero-order valence-electron chi connectivity index (χ0n) is 17.6. The van der Waals surface area contributed by atoms with Gasteiger partial charge in [0, 0.05) is 0 Å². The average molecular weight is 456 g/mol. The predicted molar refractivity (Wildman–Crippen MR) is 116 cm³/mol. The largest absolute Gasteiger partial charge is 0.504 e. The van der Waals surface area contributed by atoms with Crippen LogP contribution in [-0.4, -0.2) is 58.2 Å². The molecule has 0 aliphatic heterocycles. The number of allylic oxidation sites excluding steroid dienone is 2. The van der Waals surface area contributed by atoms with Crippen molar-refractivity contribution in [3.63, 3.8) is 0 Å². The summed E-state index contributed by atoms with van der Waals surface area (Å²) < 4.78 is 9.82. The predicted octanol–water partition coefficient (Wildman–Crippen LogP) is 2.77. The van der Waals surface area contributed by atoms with Gasteiger partial charge in [0.25, 0.3) is 0 Å². The standard InChI is InChI=1S/C23H20O10/c1-32-18-9-12(7-16(20(18)26)22(28)29)3-5-14(24)11-15(25)6-4-13-8-17(23(30)31)21(27)19(10-13)33-2/h3-10,26-27H,11H2,1-2H3,(H,28,29)(H,30,31). The van der Waals surface area contributed by atoms with E-state index in [4.69, 9.17) is 19.7 Å². The van der Waals surface area contributed by atoms with Crippen molar-refractivity contribution in [3.05, 3.63) is 58.7 Å². The van der Waals surface area contributed by atoms with Crippen LogP contribution in [0.3, 0.4) is 0 Å². The van der Waals surface area contributed by atoms with E-state index in [9.17, 15) is 29.4 Å². The van der Waals surface area contributed by atoms with E-state index in [-0.39, 0.29) is 22.6 Å². The SMILES string of the molecule is COc1cc(C=CC(=O)CC(=O)C=Cc2cc(OC)c(O)c(C(=O)O)c2)cc(C(=O)O)c1O. The third-order valence-electron chi connectivity index (χ3n) is 4.37. The van der Waals surface area contributed by atoms with Crippen molar-refractivity contribution in [2.24, 2.45) is 0 Å². The molecule has 0 radical (unpaired) electrons. The molecule has 0 fully saturated rings. The van der Waals surface area contributed by atoms with Gasteiger partial charge in [0.05, 0.1) is 20.6 Å². The monoisotopic (exact) mass is 456 g/mol. The maximum Gasteiger partial charge on any atom is 0.339 e. The van der Waals surface area contributed by atoms with E-state index in [0.29, 0.717) is 0 Å². The van der Waals surface area contributed by atoms with Crippen molar-refractivity contribution in [3.8, 4) is 23.0 Å². The lowest BCUT2D eigenvalue weighted by Crippen LogP contribution is -2.03. The van der Waals surface area contributed by atoms with Crippen LogP contribution in [0.15, 0.2) is 36.4 Å². The van der Waals surface area contributed by atoms with Crippen LogP contribution in [0.1, 0.15) is 38.3 Å². The first kappa shape index (κ1) is 24.7. The van der Waals surface area contributed by atoms with E-state index in [1.807, 2.05) is 0 Å². The Labute approximate surface area is 187 Å². The molecule has 0 heterocycles. The summed E-state index contributed by atoms with van der Waals surface area (Å²) >= 11 is 0. The fraction of sp³-hybridized carbons (Fsp3) is 0.130. The van der Waals surface area contributed by atoms with E-state index in [2.05, 4.69) is 0 Å². The van der Waals surface area contributed by atoms with Crippen molar-refractivity contribution >= 4 is 35.7 Å². The summed E-state index contributed by atoms with van der Waals surface area (Å²) in [5, 5.41) is 37.9. The topological polar surface area (TPSA) is 168 Å². The van der Waals surface area contributed by atoms with E-state index >= 15 is 0 Å². The molecule has 10 heteroatoms. The van der Waals surface area contributed by atoms with Gasteiger partial charge < -0.3 is 29.9 Å². The van der Waals surface area contributed by atoms with Crippen molar-refractivity contribution in [1.82, 2.24) is 0 Å². The molecule has 2 aromatic rings. The molecule has 4 N–H and O–H groups in total.